The number of hydrogen-bond donors (Lipinski definition) is 3. The van der Waals surface area contributed by atoms with Crippen LogP contribution in [0, 0.1) is 6.92 Å². The number of fused-ring (bicyclic) bond motifs is 4. The van der Waals surface area contributed by atoms with E-state index in [1.54, 1.807) is 17.0 Å². The summed E-state index contributed by atoms with van der Waals surface area (Å²) in [4.78, 5) is 32.4. The highest BCUT2D eigenvalue weighted by Gasteiger charge is 2.44. The van der Waals surface area contributed by atoms with Crippen molar-refractivity contribution in [1.29, 1.82) is 0 Å². The van der Waals surface area contributed by atoms with Gasteiger partial charge in [-0.2, -0.15) is 0 Å². The number of aromatic nitrogens is 1. The minimum absolute atomic E-state index is 0.0461. The van der Waals surface area contributed by atoms with Crippen LogP contribution in [0.2, 0.25) is 0 Å². The number of aryl methyl sites for hydroxylation is 1. The molecule has 1 fully saturated rings. The van der Waals surface area contributed by atoms with Crippen LogP contribution in [0.4, 0.5) is 5.82 Å². The van der Waals surface area contributed by atoms with Crippen LogP contribution in [0.1, 0.15) is 86.1 Å². The van der Waals surface area contributed by atoms with E-state index in [0.29, 0.717) is 43.2 Å². The Balaban J connectivity index is 1.40. The van der Waals surface area contributed by atoms with Crippen molar-refractivity contribution < 1.29 is 19.4 Å². The van der Waals surface area contributed by atoms with Crippen molar-refractivity contribution in [2.24, 2.45) is 0 Å². The molecular weight excluding hydrogens is 552 g/mol. The number of carbonyl (C=O) groups excluding carboxylic acids is 2. The summed E-state index contributed by atoms with van der Waals surface area (Å²) >= 11 is 0. The van der Waals surface area contributed by atoms with E-state index in [2.05, 4.69) is 60.7 Å². The normalized spacial score (nSPS) is 19.5. The van der Waals surface area contributed by atoms with Crippen LogP contribution in [-0.2, 0) is 22.2 Å². The lowest BCUT2D eigenvalue weighted by atomic mass is 9.85. The molecule has 5 rings (SSSR count). The van der Waals surface area contributed by atoms with E-state index in [0.717, 1.165) is 37.0 Å². The fourth-order valence-corrected chi connectivity index (χ4v) is 5.88. The summed E-state index contributed by atoms with van der Waals surface area (Å²) in [5.41, 5.74) is 4.40. The number of aliphatic hydroxyl groups excluding tert-OH is 1. The molecule has 1 saturated carbocycles. The predicted molar refractivity (Wildman–Crippen MR) is 173 cm³/mol. The molecule has 8 heteroatoms. The second-order valence-corrected chi connectivity index (χ2v) is 13.4. The van der Waals surface area contributed by atoms with Gasteiger partial charge >= 0.3 is 0 Å². The van der Waals surface area contributed by atoms with Crippen LogP contribution in [0.5, 0.6) is 5.75 Å². The van der Waals surface area contributed by atoms with Gasteiger partial charge in [-0.3, -0.25) is 14.5 Å². The Kier molecular flexibility index (Phi) is 9.42. The SMILES string of the molecule is CC(=O)N1CCCCOc2cccc(c2)C[C@@H]([C@H](O)CNC2(c3cccc(C(C)(C)C)c3)CC2)NC(=O)c2cc(C)nc1c2. The average molecular weight is 599 g/mol. The van der Waals surface area contributed by atoms with Gasteiger partial charge in [0.15, 0.2) is 0 Å². The molecule has 2 heterocycles. The Morgan fingerprint density at radius 1 is 1.14 bits per heavy atom. The number of nitrogens with zero attached hydrogens (tertiary/aromatic N) is 2. The molecule has 2 aliphatic rings. The first-order chi connectivity index (χ1) is 20.9. The van der Waals surface area contributed by atoms with Crippen LogP contribution in [0.25, 0.3) is 0 Å². The second-order valence-electron chi connectivity index (χ2n) is 13.4. The topological polar surface area (TPSA) is 104 Å². The quantitative estimate of drug-likeness (QED) is 0.373. The maximum atomic E-state index is 13.7. The zero-order valence-corrected chi connectivity index (χ0v) is 26.7. The van der Waals surface area contributed by atoms with Crippen molar-refractivity contribution in [3.63, 3.8) is 0 Å². The molecule has 2 atom stereocenters. The molecule has 3 N–H and O–H groups in total. The third-order valence-corrected chi connectivity index (χ3v) is 8.72. The Labute approximate surface area is 261 Å². The summed E-state index contributed by atoms with van der Waals surface area (Å²) in [5, 5.41) is 18.4. The Hall–Kier alpha value is -3.75. The lowest BCUT2D eigenvalue weighted by molar-refractivity contribution is -0.116. The smallest absolute Gasteiger partial charge is 0.251 e. The van der Waals surface area contributed by atoms with Gasteiger partial charge in [0.05, 0.1) is 18.8 Å². The minimum Gasteiger partial charge on any atom is -0.494 e. The Morgan fingerprint density at radius 3 is 2.64 bits per heavy atom. The van der Waals surface area contributed by atoms with E-state index in [4.69, 9.17) is 4.74 Å². The zero-order valence-electron chi connectivity index (χ0n) is 26.7. The van der Waals surface area contributed by atoms with Crippen LogP contribution in [0.3, 0.4) is 0 Å². The summed E-state index contributed by atoms with van der Waals surface area (Å²) < 4.78 is 6.02. The molecule has 3 aromatic rings. The van der Waals surface area contributed by atoms with E-state index in [1.807, 2.05) is 31.2 Å². The molecular formula is C36H46N4O4. The summed E-state index contributed by atoms with van der Waals surface area (Å²) in [6, 6.07) is 19.4. The fourth-order valence-electron chi connectivity index (χ4n) is 5.88. The van der Waals surface area contributed by atoms with Gasteiger partial charge in [0, 0.05) is 36.8 Å². The number of anilines is 1. The van der Waals surface area contributed by atoms with Crippen LogP contribution in [0.15, 0.2) is 60.7 Å². The number of carbonyl (C=O) groups is 2. The molecule has 4 bridgehead atoms. The maximum Gasteiger partial charge on any atom is 0.251 e. The van der Waals surface area contributed by atoms with Crippen molar-refractivity contribution in [1.82, 2.24) is 15.6 Å². The molecule has 2 aromatic carbocycles. The number of rotatable bonds is 5. The summed E-state index contributed by atoms with van der Waals surface area (Å²) in [5.74, 6) is 0.745. The van der Waals surface area contributed by atoms with Gasteiger partial charge in [0.1, 0.15) is 11.6 Å². The fraction of sp³-hybridized carbons (Fsp3) is 0.472. The van der Waals surface area contributed by atoms with Gasteiger partial charge in [-0.15, -0.1) is 0 Å². The first-order valence-corrected chi connectivity index (χ1v) is 15.8. The van der Waals surface area contributed by atoms with Crippen LogP contribution >= 0.6 is 0 Å². The van der Waals surface area contributed by atoms with E-state index in [1.165, 1.54) is 18.1 Å². The highest BCUT2D eigenvalue weighted by molar-refractivity contribution is 5.97. The molecule has 8 nitrogen and oxygen atoms in total. The molecule has 1 aliphatic carbocycles. The molecule has 0 radical (unpaired) electrons. The standard InChI is InChI=1S/C36H46N4O4/c1-24-18-27-21-33(38-24)40(25(2)41)16-6-7-17-44-30-13-8-10-26(19-30)20-31(39-34(27)43)32(42)23-37-36(14-15-36)29-12-9-11-28(22-29)35(3,4)5/h8-13,18-19,21-22,31-32,37,42H,6-7,14-17,20,23H2,1-5H3,(H,39,43)/t31-,32+/m0/s1. The van der Waals surface area contributed by atoms with Crippen molar-refractivity contribution in [2.75, 3.05) is 24.6 Å². The summed E-state index contributed by atoms with van der Waals surface area (Å²) in [7, 11) is 0. The number of nitrogens with one attached hydrogen (secondary N) is 2. The molecule has 0 spiro atoms. The summed E-state index contributed by atoms with van der Waals surface area (Å²) in [6.45, 7) is 11.3. The minimum atomic E-state index is -0.859. The van der Waals surface area contributed by atoms with E-state index in [-0.39, 0.29) is 22.8 Å². The number of ether oxygens (including phenoxy) is 1. The largest absolute Gasteiger partial charge is 0.494 e. The van der Waals surface area contributed by atoms with Crippen molar-refractivity contribution >= 4 is 17.6 Å². The van der Waals surface area contributed by atoms with Gasteiger partial charge in [0.25, 0.3) is 5.91 Å². The van der Waals surface area contributed by atoms with E-state index >= 15 is 0 Å². The zero-order chi connectivity index (χ0) is 31.5. The van der Waals surface area contributed by atoms with Gasteiger partial charge in [0.2, 0.25) is 5.91 Å². The lowest BCUT2D eigenvalue weighted by Crippen LogP contribution is -2.50. The second kappa shape index (κ2) is 13.1. The number of aliphatic hydroxyl groups is 1. The van der Waals surface area contributed by atoms with Crippen LogP contribution < -0.4 is 20.3 Å². The van der Waals surface area contributed by atoms with Crippen LogP contribution in [-0.4, -0.2) is 53.7 Å². The molecule has 2 amide bonds. The number of pyridine rings is 1. The molecule has 0 saturated heterocycles. The Bertz CT molecular complexity index is 1490. The van der Waals surface area contributed by atoms with Gasteiger partial charge in [-0.05, 0) is 85.4 Å². The van der Waals surface area contributed by atoms with Crippen molar-refractivity contribution in [3.8, 4) is 5.75 Å². The lowest BCUT2D eigenvalue weighted by Gasteiger charge is -2.28. The molecule has 234 valence electrons. The first-order valence-electron chi connectivity index (χ1n) is 15.8. The first kappa shape index (κ1) is 31.7. The highest BCUT2D eigenvalue weighted by Crippen LogP contribution is 2.46. The number of amides is 2. The van der Waals surface area contributed by atoms with Crippen molar-refractivity contribution in [3.05, 3.63) is 88.6 Å². The molecule has 0 unspecified atom stereocenters. The molecule has 1 aromatic heterocycles. The van der Waals surface area contributed by atoms with Gasteiger partial charge < -0.3 is 20.5 Å². The third kappa shape index (κ3) is 7.66. The maximum absolute atomic E-state index is 13.7. The highest BCUT2D eigenvalue weighted by atomic mass is 16.5. The van der Waals surface area contributed by atoms with E-state index < -0.39 is 12.1 Å². The molecule has 44 heavy (non-hydrogen) atoms. The van der Waals surface area contributed by atoms with Crippen molar-refractivity contribution in [2.45, 2.75) is 89.8 Å². The Morgan fingerprint density at radius 2 is 1.91 bits per heavy atom. The monoisotopic (exact) mass is 598 g/mol. The van der Waals surface area contributed by atoms with Gasteiger partial charge in [-0.25, -0.2) is 4.98 Å². The summed E-state index contributed by atoms with van der Waals surface area (Å²) in [6.07, 6.45) is 3.06. The number of hydrogen-bond acceptors (Lipinski definition) is 6. The average Bonchev–Trinajstić information content (AvgIpc) is 3.77. The predicted octanol–water partition coefficient (Wildman–Crippen LogP) is 5.19. The third-order valence-electron chi connectivity index (χ3n) is 8.72. The van der Waals surface area contributed by atoms with Gasteiger partial charge in [-0.1, -0.05) is 57.2 Å². The number of benzene rings is 2. The van der Waals surface area contributed by atoms with E-state index in [9.17, 15) is 14.7 Å². The molecule has 1 aliphatic heterocycles.